The Morgan fingerprint density at radius 2 is 1.86 bits per heavy atom. The number of thiophene rings is 1. The van der Waals surface area contributed by atoms with Gasteiger partial charge in [0, 0.05) is 18.3 Å². The van der Waals surface area contributed by atoms with Crippen LogP contribution >= 0.6 is 11.3 Å². The Kier molecular flexibility index (Phi) is 9.03. The molecule has 1 fully saturated rings. The third kappa shape index (κ3) is 6.60. The summed E-state index contributed by atoms with van der Waals surface area (Å²) < 4.78 is 2.80. The highest BCUT2D eigenvalue weighted by atomic mass is 32.1. The number of unbranched alkanes of at least 4 members (excludes halogenated alkanes) is 3. The van der Waals surface area contributed by atoms with Crippen LogP contribution in [0.4, 0.5) is 5.69 Å². The monoisotopic (exact) mass is 523 g/mol. The molecule has 8 heteroatoms. The molecule has 3 aromatic rings. The molecule has 1 aliphatic carbocycles. The molecular formula is C29H37N3O4S. The Balaban J connectivity index is 1.53. The van der Waals surface area contributed by atoms with Crippen LogP contribution in [0.2, 0.25) is 0 Å². The topological polar surface area (TPSA) is 91.6 Å². The first-order valence-corrected chi connectivity index (χ1v) is 14.2. The van der Waals surface area contributed by atoms with Gasteiger partial charge in [-0.3, -0.25) is 14.4 Å². The zero-order valence-electron chi connectivity index (χ0n) is 21.7. The predicted molar refractivity (Wildman–Crippen MR) is 148 cm³/mol. The Labute approximate surface area is 222 Å². The van der Waals surface area contributed by atoms with Gasteiger partial charge in [-0.05, 0) is 74.2 Å². The van der Waals surface area contributed by atoms with Gasteiger partial charge in [-0.15, -0.1) is 11.3 Å². The molecule has 0 bridgehead atoms. The summed E-state index contributed by atoms with van der Waals surface area (Å²) in [7, 11) is 0. The molecule has 1 saturated carbocycles. The molecule has 37 heavy (non-hydrogen) atoms. The van der Waals surface area contributed by atoms with Crippen LogP contribution in [0, 0.1) is 12.8 Å². The van der Waals surface area contributed by atoms with E-state index in [9.17, 15) is 19.5 Å². The number of nitrogens with one attached hydrogen (secondary N) is 1. The highest BCUT2D eigenvalue weighted by molar-refractivity contribution is 7.17. The van der Waals surface area contributed by atoms with E-state index in [1.807, 2.05) is 58.2 Å². The van der Waals surface area contributed by atoms with Gasteiger partial charge < -0.3 is 19.9 Å². The third-order valence-electron chi connectivity index (χ3n) is 7.31. The van der Waals surface area contributed by atoms with Crippen LogP contribution in [0.3, 0.4) is 0 Å². The second-order valence-electron chi connectivity index (χ2n) is 10.1. The van der Waals surface area contributed by atoms with E-state index in [1.54, 1.807) is 11.3 Å². The maximum atomic E-state index is 13.7. The van der Waals surface area contributed by atoms with Crippen molar-refractivity contribution in [1.82, 2.24) is 9.88 Å². The molecule has 198 valence electrons. The Bertz CT molecular complexity index is 1240. The van der Waals surface area contributed by atoms with Crippen molar-refractivity contribution in [2.45, 2.75) is 77.8 Å². The number of benzene rings is 1. The number of carbonyl (C=O) groups excluding carboxylic acids is 2. The standard InChI is InChI=1S/C29H37N3O4S/c1-3-4-5-6-15-31(23-9-7-8-20(2)17-23)27(33)19-32-24-14-16-37-26(24)18-25(32)28(34)30-22-12-10-21(11-13-22)29(35)36/h7-9,14,16-18,21-22H,3-6,10-13,15,19H2,1-2H3,(H,30,34)(H,35,36). The van der Waals surface area contributed by atoms with Crippen molar-refractivity contribution in [2.24, 2.45) is 5.92 Å². The van der Waals surface area contributed by atoms with E-state index in [4.69, 9.17) is 0 Å². The molecule has 4 rings (SSSR count). The summed E-state index contributed by atoms with van der Waals surface area (Å²) in [6, 6.07) is 11.8. The summed E-state index contributed by atoms with van der Waals surface area (Å²) in [6.07, 6.45) is 6.71. The number of anilines is 1. The number of amides is 2. The van der Waals surface area contributed by atoms with Gasteiger partial charge in [-0.25, -0.2) is 0 Å². The second-order valence-corrected chi connectivity index (χ2v) is 11.0. The number of aryl methyl sites for hydroxylation is 1. The number of hydrogen-bond acceptors (Lipinski definition) is 4. The summed E-state index contributed by atoms with van der Waals surface area (Å²) in [6.45, 7) is 4.92. The average molecular weight is 524 g/mol. The zero-order valence-corrected chi connectivity index (χ0v) is 22.6. The van der Waals surface area contributed by atoms with E-state index in [1.165, 1.54) is 0 Å². The first-order valence-electron chi connectivity index (χ1n) is 13.3. The van der Waals surface area contributed by atoms with Gasteiger partial charge in [0.1, 0.15) is 12.2 Å². The van der Waals surface area contributed by atoms with Crippen LogP contribution < -0.4 is 10.2 Å². The maximum Gasteiger partial charge on any atom is 0.306 e. The number of aliphatic carboxylic acids is 1. The third-order valence-corrected chi connectivity index (χ3v) is 8.16. The molecule has 2 aromatic heterocycles. The average Bonchev–Trinajstić information content (AvgIpc) is 3.47. The minimum Gasteiger partial charge on any atom is -0.481 e. The largest absolute Gasteiger partial charge is 0.481 e. The summed E-state index contributed by atoms with van der Waals surface area (Å²) >= 11 is 1.55. The molecule has 0 spiro atoms. The molecular weight excluding hydrogens is 486 g/mol. The minimum atomic E-state index is -0.759. The number of aromatic nitrogens is 1. The van der Waals surface area contributed by atoms with Crippen LogP contribution in [0.1, 0.15) is 74.3 Å². The van der Waals surface area contributed by atoms with Gasteiger partial charge in [0.05, 0.1) is 16.1 Å². The summed E-state index contributed by atoms with van der Waals surface area (Å²) in [5.41, 5.74) is 3.35. The van der Waals surface area contributed by atoms with E-state index >= 15 is 0 Å². The van der Waals surface area contributed by atoms with E-state index in [2.05, 4.69) is 12.2 Å². The van der Waals surface area contributed by atoms with Gasteiger partial charge in [-0.1, -0.05) is 38.3 Å². The maximum absolute atomic E-state index is 13.7. The molecule has 7 nitrogen and oxygen atoms in total. The van der Waals surface area contributed by atoms with Crippen molar-refractivity contribution in [1.29, 1.82) is 0 Å². The number of nitrogens with zero attached hydrogens (tertiary/aromatic N) is 2. The molecule has 1 aromatic carbocycles. The first kappa shape index (κ1) is 26.9. The number of carboxylic acid groups (broad SMARTS) is 1. The molecule has 0 aliphatic heterocycles. The number of hydrogen-bond donors (Lipinski definition) is 2. The lowest BCUT2D eigenvalue weighted by molar-refractivity contribution is -0.142. The Morgan fingerprint density at radius 3 is 2.57 bits per heavy atom. The van der Waals surface area contributed by atoms with Crippen LogP contribution in [0.25, 0.3) is 10.2 Å². The fraction of sp³-hybridized carbons (Fsp3) is 0.483. The normalized spacial score (nSPS) is 17.6. The second kappa shape index (κ2) is 12.4. The number of rotatable bonds is 11. The van der Waals surface area contributed by atoms with Gasteiger partial charge in [0.15, 0.2) is 0 Å². The van der Waals surface area contributed by atoms with Crippen LogP contribution in [-0.4, -0.2) is 40.0 Å². The van der Waals surface area contributed by atoms with E-state index in [0.717, 1.165) is 47.2 Å². The Hall–Kier alpha value is -3.13. The van der Waals surface area contributed by atoms with Crippen molar-refractivity contribution in [3.8, 4) is 0 Å². The molecule has 1 aliphatic rings. The summed E-state index contributed by atoms with van der Waals surface area (Å²) in [5, 5.41) is 14.3. The van der Waals surface area contributed by atoms with Crippen molar-refractivity contribution in [2.75, 3.05) is 11.4 Å². The lowest BCUT2D eigenvalue weighted by Crippen LogP contribution is -2.40. The number of carboxylic acids is 1. The number of carbonyl (C=O) groups is 3. The quantitative estimate of drug-likeness (QED) is 0.302. The first-order chi connectivity index (χ1) is 17.9. The van der Waals surface area contributed by atoms with Crippen molar-refractivity contribution < 1.29 is 19.5 Å². The lowest BCUT2D eigenvalue weighted by atomic mass is 9.86. The summed E-state index contributed by atoms with van der Waals surface area (Å²) in [5.74, 6) is -1.34. The Morgan fingerprint density at radius 1 is 1.08 bits per heavy atom. The van der Waals surface area contributed by atoms with Crippen LogP contribution in [0.5, 0.6) is 0 Å². The van der Waals surface area contributed by atoms with Crippen molar-refractivity contribution >= 4 is 45.0 Å². The van der Waals surface area contributed by atoms with E-state index in [0.29, 0.717) is 37.9 Å². The predicted octanol–water partition coefficient (Wildman–Crippen LogP) is 6.00. The van der Waals surface area contributed by atoms with Crippen LogP contribution in [-0.2, 0) is 16.1 Å². The molecule has 0 radical (unpaired) electrons. The van der Waals surface area contributed by atoms with Gasteiger partial charge in [-0.2, -0.15) is 0 Å². The summed E-state index contributed by atoms with van der Waals surface area (Å²) in [4.78, 5) is 40.2. The minimum absolute atomic E-state index is 0.0400. The highest BCUT2D eigenvalue weighted by Crippen LogP contribution is 2.28. The fourth-order valence-electron chi connectivity index (χ4n) is 5.19. The molecule has 2 N–H and O–H groups in total. The highest BCUT2D eigenvalue weighted by Gasteiger charge is 2.28. The van der Waals surface area contributed by atoms with Crippen molar-refractivity contribution in [3.05, 3.63) is 53.0 Å². The van der Waals surface area contributed by atoms with E-state index in [-0.39, 0.29) is 30.3 Å². The molecule has 0 unspecified atom stereocenters. The molecule has 2 heterocycles. The van der Waals surface area contributed by atoms with Crippen molar-refractivity contribution in [3.63, 3.8) is 0 Å². The molecule has 2 amide bonds. The molecule has 0 atom stereocenters. The fourth-order valence-corrected chi connectivity index (χ4v) is 6.01. The lowest BCUT2D eigenvalue weighted by Gasteiger charge is -2.27. The number of fused-ring (bicyclic) bond motifs is 1. The van der Waals surface area contributed by atoms with Gasteiger partial charge >= 0.3 is 5.97 Å². The van der Waals surface area contributed by atoms with Gasteiger partial charge in [0.25, 0.3) is 5.91 Å². The zero-order chi connectivity index (χ0) is 26.4. The van der Waals surface area contributed by atoms with Gasteiger partial charge in [0.2, 0.25) is 5.91 Å². The van der Waals surface area contributed by atoms with E-state index < -0.39 is 5.97 Å². The smallest absolute Gasteiger partial charge is 0.306 e. The molecule has 0 saturated heterocycles. The SMILES string of the molecule is CCCCCCN(C(=O)Cn1c(C(=O)NC2CCC(C(=O)O)CC2)cc2sccc21)c1cccc(C)c1. The van der Waals surface area contributed by atoms with Crippen LogP contribution in [0.15, 0.2) is 41.8 Å².